The van der Waals surface area contributed by atoms with Crippen LogP contribution < -0.4 is 0 Å². The average Bonchev–Trinajstić information content (AvgIpc) is 2.15. The van der Waals surface area contributed by atoms with E-state index in [4.69, 9.17) is 10.2 Å². The van der Waals surface area contributed by atoms with Gasteiger partial charge < -0.3 is 10.2 Å². The summed E-state index contributed by atoms with van der Waals surface area (Å²) in [6.07, 6.45) is 0.672. The molecule has 15 heavy (non-hydrogen) atoms. The fraction of sp³-hybridized carbons (Fsp3) is 0. The van der Waals surface area contributed by atoms with Crippen LogP contribution in [-0.2, 0) is 9.59 Å². The Morgan fingerprint density at radius 3 is 2.07 bits per heavy atom. The van der Waals surface area contributed by atoms with Gasteiger partial charge in [-0.2, -0.15) is 0 Å². The summed E-state index contributed by atoms with van der Waals surface area (Å²) in [7, 11) is 0. The molecule has 0 aliphatic heterocycles. The summed E-state index contributed by atoms with van der Waals surface area (Å²) in [5.41, 5.74) is 0.114. The number of hydrogen-bond donors (Lipinski definition) is 2. The molecular formula is C10H7BrO4. The second kappa shape index (κ2) is 4.75. The van der Waals surface area contributed by atoms with E-state index in [1.165, 1.54) is 12.1 Å². The van der Waals surface area contributed by atoms with E-state index in [1.54, 1.807) is 12.1 Å². The molecule has 0 fully saturated rings. The van der Waals surface area contributed by atoms with E-state index in [1.807, 2.05) is 0 Å². The topological polar surface area (TPSA) is 74.6 Å². The van der Waals surface area contributed by atoms with Gasteiger partial charge in [0.25, 0.3) is 0 Å². The summed E-state index contributed by atoms with van der Waals surface area (Å²) in [5, 5.41) is 17.3. The number of rotatable bonds is 3. The molecule has 0 heterocycles. The third-order valence-electron chi connectivity index (χ3n) is 1.65. The van der Waals surface area contributed by atoms with Gasteiger partial charge in [-0.3, -0.25) is 0 Å². The van der Waals surface area contributed by atoms with E-state index < -0.39 is 11.9 Å². The van der Waals surface area contributed by atoms with Gasteiger partial charge in [0.1, 0.15) is 0 Å². The lowest BCUT2D eigenvalue weighted by molar-refractivity contribution is -0.133. The van der Waals surface area contributed by atoms with E-state index in [0.717, 1.165) is 4.47 Å². The maximum Gasteiger partial charge on any atom is 0.336 e. The molecule has 78 valence electrons. The minimum atomic E-state index is -1.28. The fourth-order valence-electron chi connectivity index (χ4n) is 1.02. The molecule has 0 radical (unpaired) electrons. The van der Waals surface area contributed by atoms with Crippen molar-refractivity contribution in [2.45, 2.75) is 0 Å². The Morgan fingerprint density at radius 2 is 1.67 bits per heavy atom. The zero-order valence-electron chi connectivity index (χ0n) is 7.48. The largest absolute Gasteiger partial charge is 0.478 e. The summed E-state index contributed by atoms with van der Waals surface area (Å²) < 4.78 is 0.798. The van der Waals surface area contributed by atoms with Crippen molar-refractivity contribution in [3.05, 3.63) is 40.4 Å². The number of halogens is 1. The van der Waals surface area contributed by atoms with Gasteiger partial charge in [0.15, 0.2) is 0 Å². The van der Waals surface area contributed by atoms with Gasteiger partial charge in [-0.15, -0.1) is 0 Å². The van der Waals surface area contributed by atoms with E-state index in [9.17, 15) is 9.59 Å². The first-order valence-corrected chi connectivity index (χ1v) is 4.74. The Morgan fingerprint density at radius 1 is 1.13 bits per heavy atom. The number of benzene rings is 1. The highest BCUT2D eigenvalue weighted by molar-refractivity contribution is 9.10. The van der Waals surface area contributed by atoms with Crippen LogP contribution in [0.3, 0.4) is 0 Å². The average molecular weight is 271 g/mol. The minimum Gasteiger partial charge on any atom is -0.478 e. The molecule has 1 aromatic rings. The van der Waals surface area contributed by atoms with Gasteiger partial charge >= 0.3 is 11.9 Å². The molecule has 0 aliphatic carbocycles. The number of aliphatic carboxylic acids is 2. The standard InChI is InChI=1S/C10H7BrO4/c11-7-3-1-6(2-4-7)8(10(14)15)5-9(12)13/h1-5H,(H,12,13)(H,14,15)/b8-5+. The Hall–Kier alpha value is -1.62. The second-order valence-electron chi connectivity index (χ2n) is 2.71. The van der Waals surface area contributed by atoms with E-state index in [-0.39, 0.29) is 5.57 Å². The molecule has 0 atom stereocenters. The quantitative estimate of drug-likeness (QED) is 0.824. The van der Waals surface area contributed by atoms with Gasteiger partial charge in [0.05, 0.1) is 5.57 Å². The van der Waals surface area contributed by atoms with Crippen LogP contribution in [-0.4, -0.2) is 22.2 Å². The predicted octanol–water partition coefficient (Wildman–Crippen LogP) is 2.00. The van der Waals surface area contributed by atoms with Crippen molar-refractivity contribution in [3.8, 4) is 0 Å². The van der Waals surface area contributed by atoms with Crippen LogP contribution in [0.15, 0.2) is 34.8 Å². The molecule has 1 rings (SSSR count). The molecule has 4 nitrogen and oxygen atoms in total. The number of carbonyl (C=O) groups is 2. The zero-order chi connectivity index (χ0) is 11.4. The van der Waals surface area contributed by atoms with Crippen LogP contribution in [0, 0.1) is 0 Å². The molecule has 0 unspecified atom stereocenters. The highest BCUT2D eigenvalue weighted by atomic mass is 79.9. The molecule has 5 heteroatoms. The zero-order valence-corrected chi connectivity index (χ0v) is 9.06. The molecule has 0 spiro atoms. The van der Waals surface area contributed by atoms with Gasteiger partial charge in [0.2, 0.25) is 0 Å². The first-order chi connectivity index (χ1) is 7.00. The first-order valence-electron chi connectivity index (χ1n) is 3.94. The highest BCUT2D eigenvalue weighted by Crippen LogP contribution is 2.18. The second-order valence-corrected chi connectivity index (χ2v) is 3.62. The van der Waals surface area contributed by atoms with Crippen LogP contribution in [0.2, 0.25) is 0 Å². The maximum atomic E-state index is 10.8. The van der Waals surface area contributed by atoms with Crippen molar-refractivity contribution in [2.24, 2.45) is 0 Å². The number of hydrogen-bond acceptors (Lipinski definition) is 2. The normalized spacial score (nSPS) is 11.1. The SMILES string of the molecule is O=C(O)/C=C(/C(=O)O)c1ccc(Br)cc1. The van der Waals surface area contributed by atoms with Gasteiger partial charge in [-0.1, -0.05) is 28.1 Å². The first kappa shape index (κ1) is 11.5. The summed E-state index contributed by atoms with van der Waals surface area (Å²) >= 11 is 3.20. The predicted molar refractivity (Wildman–Crippen MR) is 57.4 cm³/mol. The van der Waals surface area contributed by atoms with E-state index in [2.05, 4.69) is 15.9 Å². The smallest absolute Gasteiger partial charge is 0.336 e. The third kappa shape index (κ3) is 3.21. The Balaban J connectivity index is 3.16. The van der Waals surface area contributed by atoms with Crippen molar-refractivity contribution in [2.75, 3.05) is 0 Å². The van der Waals surface area contributed by atoms with Crippen LogP contribution in [0.5, 0.6) is 0 Å². The summed E-state index contributed by atoms with van der Waals surface area (Å²) in [6, 6.07) is 6.36. The van der Waals surface area contributed by atoms with Gasteiger partial charge in [-0.25, -0.2) is 9.59 Å². The molecular weight excluding hydrogens is 264 g/mol. The molecule has 0 aliphatic rings. The molecule has 0 amide bonds. The molecule has 0 saturated carbocycles. The van der Waals surface area contributed by atoms with Gasteiger partial charge in [0, 0.05) is 10.5 Å². The molecule has 0 saturated heterocycles. The lowest BCUT2D eigenvalue weighted by Gasteiger charge is -2.01. The van der Waals surface area contributed by atoms with E-state index >= 15 is 0 Å². The van der Waals surface area contributed by atoms with Crippen LogP contribution >= 0.6 is 15.9 Å². The van der Waals surface area contributed by atoms with E-state index in [0.29, 0.717) is 11.6 Å². The Labute approximate surface area is 94.0 Å². The summed E-state index contributed by atoms with van der Waals surface area (Å²) in [5.74, 6) is -2.55. The van der Waals surface area contributed by atoms with Crippen LogP contribution in [0.1, 0.15) is 5.56 Å². The molecule has 0 bridgehead atoms. The molecule has 1 aromatic carbocycles. The molecule has 2 N–H and O–H groups in total. The number of carboxylic acids is 2. The summed E-state index contributed by atoms with van der Waals surface area (Å²) in [6.45, 7) is 0. The number of carboxylic acid groups (broad SMARTS) is 2. The van der Waals surface area contributed by atoms with Crippen LogP contribution in [0.25, 0.3) is 5.57 Å². The lowest BCUT2D eigenvalue weighted by atomic mass is 10.1. The van der Waals surface area contributed by atoms with Crippen molar-refractivity contribution in [1.82, 2.24) is 0 Å². The van der Waals surface area contributed by atoms with Crippen molar-refractivity contribution in [1.29, 1.82) is 0 Å². The monoisotopic (exact) mass is 270 g/mol. The third-order valence-corrected chi connectivity index (χ3v) is 2.18. The summed E-state index contributed by atoms with van der Waals surface area (Å²) in [4.78, 5) is 21.2. The van der Waals surface area contributed by atoms with Crippen LogP contribution in [0.4, 0.5) is 0 Å². The van der Waals surface area contributed by atoms with Gasteiger partial charge in [-0.05, 0) is 17.7 Å². The van der Waals surface area contributed by atoms with Crippen molar-refractivity contribution < 1.29 is 19.8 Å². The minimum absolute atomic E-state index is 0.241. The maximum absolute atomic E-state index is 10.8. The Bertz CT molecular complexity index is 420. The highest BCUT2D eigenvalue weighted by Gasteiger charge is 2.11. The lowest BCUT2D eigenvalue weighted by Crippen LogP contribution is -2.02. The Kier molecular flexibility index (Phi) is 3.62. The van der Waals surface area contributed by atoms with Crippen molar-refractivity contribution >= 4 is 33.4 Å². The fourth-order valence-corrected chi connectivity index (χ4v) is 1.29. The molecule has 0 aromatic heterocycles. The van der Waals surface area contributed by atoms with Crippen molar-refractivity contribution in [3.63, 3.8) is 0 Å².